The predicted molar refractivity (Wildman–Crippen MR) is 52.9 cm³/mol. The van der Waals surface area contributed by atoms with E-state index in [4.69, 9.17) is 10.5 Å². The summed E-state index contributed by atoms with van der Waals surface area (Å²) in [6, 6.07) is 2.54. The molecule has 0 saturated carbocycles. The molecule has 0 aliphatic carbocycles. The zero-order valence-corrected chi connectivity index (χ0v) is 8.31. The lowest BCUT2D eigenvalue weighted by molar-refractivity contribution is -0.385. The number of carbonyl (C=O) groups is 1. The normalized spacial score (nSPS) is 9.73. The van der Waals surface area contributed by atoms with Crippen molar-refractivity contribution in [2.45, 2.75) is 6.92 Å². The van der Waals surface area contributed by atoms with Crippen LogP contribution >= 0.6 is 0 Å². The molecule has 0 radical (unpaired) electrons. The van der Waals surface area contributed by atoms with E-state index >= 15 is 0 Å². The lowest BCUT2D eigenvalue weighted by atomic mass is 10.1. The van der Waals surface area contributed by atoms with Crippen molar-refractivity contribution in [2.75, 3.05) is 7.11 Å². The number of primary amides is 1. The third-order valence-corrected chi connectivity index (χ3v) is 1.98. The van der Waals surface area contributed by atoms with Crippen LogP contribution in [-0.2, 0) is 0 Å². The third kappa shape index (κ3) is 2.04. The average molecular weight is 210 g/mol. The third-order valence-electron chi connectivity index (χ3n) is 1.98. The molecular weight excluding hydrogens is 200 g/mol. The van der Waals surface area contributed by atoms with E-state index in [-0.39, 0.29) is 17.0 Å². The standard InChI is InChI=1S/C9H10N2O4/c1-5-3-6(9(10)12)8(15-2)4-7(5)11(13)14/h3-4H,1-2H3,(H2,10,12). The van der Waals surface area contributed by atoms with Crippen LogP contribution in [0.4, 0.5) is 5.69 Å². The second kappa shape index (κ2) is 3.95. The first kappa shape index (κ1) is 11.0. The summed E-state index contributed by atoms with van der Waals surface area (Å²) in [4.78, 5) is 21.1. The Bertz CT molecular complexity index is 428. The van der Waals surface area contributed by atoms with Gasteiger partial charge in [0.1, 0.15) is 5.75 Å². The first-order valence-corrected chi connectivity index (χ1v) is 4.10. The van der Waals surface area contributed by atoms with Gasteiger partial charge in [0.15, 0.2) is 0 Å². The van der Waals surface area contributed by atoms with Crippen LogP contribution in [0.5, 0.6) is 5.75 Å². The number of nitro benzene ring substituents is 1. The molecule has 0 aliphatic heterocycles. The number of hydrogen-bond acceptors (Lipinski definition) is 4. The van der Waals surface area contributed by atoms with Gasteiger partial charge in [0.25, 0.3) is 11.6 Å². The number of hydrogen-bond donors (Lipinski definition) is 1. The van der Waals surface area contributed by atoms with Crippen molar-refractivity contribution in [3.63, 3.8) is 0 Å². The number of aryl methyl sites for hydroxylation is 1. The van der Waals surface area contributed by atoms with Gasteiger partial charge in [0.05, 0.1) is 23.7 Å². The molecule has 0 heterocycles. The zero-order chi connectivity index (χ0) is 11.6. The van der Waals surface area contributed by atoms with Gasteiger partial charge in [-0.2, -0.15) is 0 Å². The van der Waals surface area contributed by atoms with Crippen molar-refractivity contribution in [1.82, 2.24) is 0 Å². The highest BCUT2D eigenvalue weighted by molar-refractivity contribution is 5.96. The fourth-order valence-electron chi connectivity index (χ4n) is 1.24. The summed E-state index contributed by atoms with van der Waals surface area (Å²) in [6.07, 6.45) is 0. The van der Waals surface area contributed by atoms with Crippen LogP contribution in [0.25, 0.3) is 0 Å². The maximum atomic E-state index is 11.0. The van der Waals surface area contributed by atoms with E-state index in [1.165, 1.54) is 26.2 Å². The van der Waals surface area contributed by atoms with Crippen molar-refractivity contribution < 1.29 is 14.5 Å². The van der Waals surface area contributed by atoms with Crippen molar-refractivity contribution in [1.29, 1.82) is 0 Å². The molecule has 15 heavy (non-hydrogen) atoms. The molecule has 0 saturated heterocycles. The van der Waals surface area contributed by atoms with Gasteiger partial charge < -0.3 is 10.5 Å². The largest absolute Gasteiger partial charge is 0.496 e. The molecule has 0 unspecified atom stereocenters. The minimum Gasteiger partial charge on any atom is -0.496 e. The maximum absolute atomic E-state index is 11.0. The zero-order valence-electron chi connectivity index (χ0n) is 8.31. The van der Waals surface area contributed by atoms with Gasteiger partial charge in [-0.15, -0.1) is 0 Å². The summed E-state index contributed by atoms with van der Waals surface area (Å²) in [7, 11) is 1.32. The Labute approximate surface area is 85.8 Å². The van der Waals surface area contributed by atoms with E-state index in [1.807, 2.05) is 0 Å². The SMILES string of the molecule is COc1cc([N+](=O)[O-])c(C)cc1C(N)=O. The van der Waals surface area contributed by atoms with Crippen LogP contribution in [0, 0.1) is 17.0 Å². The smallest absolute Gasteiger partial charge is 0.276 e. The summed E-state index contributed by atoms with van der Waals surface area (Å²) in [5.74, 6) is -0.565. The van der Waals surface area contributed by atoms with E-state index in [2.05, 4.69) is 0 Å². The van der Waals surface area contributed by atoms with E-state index in [0.717, 1.165) is 0 Å². The van der Waals surface area contributed by atoms with Crippen molar-refractivity contribution in [2.24, 2.45) is 5.73 Å². The molecule has 80 valence electrons. The molecule has 6 heteroatoms. The lowest BCUT2D eigenvalue weighted by Crippen LogP contribution is -2.13. The molecule has 1 amide bonds. The lowest BCUT2D eigenvalue weighted by Gasteiger charge is -2.06. The second-order valence-electron chi connectivity index (χ2n) is 2.96. The van der Waals surface area contributed by atoms with Gasteiger partial charge in [0.2, 0.25) is 0 Å². The van der Waals surface area contributed by atoms with Crippen LogP contribution in [0.3, 0.4) is 0 Å². The summed E-state index contributed by atoms with van der Waals surface area (Å²) in [5, 5.41) is 10.6. The number of methoxy groups -OCH3 is 1. The second-order valence-corrected chi connectivity index (χ2v) is 2.96. The number of rotatable bonds is 3. The summed E-state index contributed by atoms with van der Waals surface area (Å²) >= 11 is 0. The molecule has 1 rings (SSSR count). The van der Waals surface area contributed by atoms with Gasteiger partial charge in [-0.25, -0.2) is 0 Å². The van der Waals surface area contributed by atoms with Crippen LogP contribution in [0.2, 0.25) is 0 Å². The number of amides is 1. The first-order valence-electron chi connectivity index (χ1n) is 4.10. The Morgan fingerprint density at radius 3 is 2.53 bits per heavy atom. The highest BCUT2D eigenvalue weighted by Crippen LogP contribution is 2.27. The molecule has 0 atom stereocenters. The highest BCUT2D eigenvalue weighted by atomic mass is 16.6. The van der Waals surface area contributed by atoms with Crippen LogP contribution in [0.15, 0.2) is 12.1 Å². The summed E-state index contributed by atoms with van der Waals surface area (Å²) in [5.41, 5.74) is 5.51. The van der Waals surface area contributed by atoms with E-state index in [1.54, 1.807) is 0 Å². The fourth-order valence-corrected chi connectivity index (χ4v) is 1.24. The van der Waals surface area contributed by atoms with E-state index in [0.29, 0.717) is 5.56 Å². The van der Waals surface area contributed by atoms with Crippen LogP contribution in [-0.4, -0.2) is 17.9 Å². The summed E-state index contributed by atoms with van der Waals surface area (Å²) < 4.78 is 4.85. The van der Waals surface area contributed by atoms with E-state index < -0.39 is 10.8 Å². The Hall–Kier alpha value is -2.11. The molecule has 1 aromatic rings. The van der Waals surface area contributed by atoms with Gasteiger partial charge >= 0.3 is 0 Å². The molecule has 1 aromatic carbocycles. The Kier molecular flexibility index (Phi) is 2.89. The molecule has 2 N–H and O–H groups in total. The van der Waals surface area contributed by atoms with Crippen LogP contribution < -0.4 is 10.5 Å². The summed E-state index contributed by atoms with van der Waals surface area (Å²) in [6.45, 7) is 1.53. The highest BCUT2D eigenvalue weighted by Gasteiger charge is 2.18. The molecule has 0 spiro atoms. The van der Waals surface area contributed by atoms with E-state index in [9.17, 15) is 14.9 Å². The van der Waals surface area contributed by atoms with Crippen molar-refractivity contribution in [3.8, 4) is 5.75 Å². The van der Waals surface area contributed by atoms with Crippen LogP contribution in [0.1, 0.15) is 15.9 Å². The predicted octanol–water partition coefficient (Wildman–Crippen LogP) is 1.01. The monoisotopic (exact) mass is 210 g/mol. The number of nitrogens with zero attached hydrogens (tertiary/aromatic N) is 1. The number of ether oxygens (including phenoxy) is 1. The fraction of sp³-hybridized carbons (Fsp3) is 0.222. The quantitative estimate of drug-likeness (QED) is 0.594. The van der Waals surface area contributed by atoms with Gasteiger partial charge in [-0.3, -0.25) is 14.9 Å². The van der Waals surface area contributed by atoms with Crippen molar-refractivity contribution >= 4 is 11.6 Å². The molecule has 0 aliphatic rings. The molecular formula is C9H10N2O4. The minimum absolute atomic E-state index is 0.100. The van der Waals surface area contributed by atoms with Gasteiger partial charge in [0, 0.05) is 5.56 Å². The number of carbonyl (C=O) groups excluding carboxylic acids is 1. The number of benzene rings is 1. The minimum atomic E-state index is -0.676. The van der Waals surface area contributed by atoms with Gasteiger partial charge in [-0.05, 0) is 13.0 Å². The Morgan fingerprint density at radius 2 is 2.13 bits per heavy atom. The maximum Gasteiger partial charge on any atom is 0.276 e. The molecule has 0 aromatic heterocycles. The van der Waals surface area contributed by atoms with Gasteiger partial charge in [-0.1, -0.05) is 0 Å². The topological polar surface area (TPSA) is 95.5 Å². The number of nitrogens with two attached hydrogens (primary N) is 1. The Morgan fingerprint density at radius 1 is 1.53 bits per heavy atom. The van der Waals surface area contributed by atoms with Crippen molar-refractivity contribution in [3.05, 3.63) is 33.4 Å². The Balaban J connectivity index is 3.42. The molecule has 0 fully saturated rings. The first-order chi connectivity index (χ1) is 6.97. The average Bonchev–Trinajstić information content (AvgIpc) is 2.16. The molecule has 0 bridgehead atoms. The number of nitro groups is 1. The molecule has 6 nitrogen and oxygen atoms in total.